The van der Waals surface area contributed by atoms with Gasteiger partial charge in [-0.15, -0.1) is 0 Å². The first-order valence-corrected chi connectivity index (χ1v) is 12.6. The van der Waals surface area contributed by atoms with Gasteiger partial charge in [0.05, 0.1) is 29.3 Å². The third-order valence-electron chi connectivity index (χ3n) is 5.50. The van der Waals surface area contributed by atoms with Gasteiger partial charge >= 0.3 is 5.97 Å². The number of para-hydroxylation sites is 2. The minimum atomic E-state index is -3.79. The standard InChI is InChI=1S/C23H24ClN3O4S/c1-2-31-23(28)17-11-13-27(14-12-17)21-22(26-20-6-4-3-5-19(20)25-21)32(29,30)15-16-7-9-18(24)10-8-16/h3-10,17H,2,11-15H2,1H3. The van der Waals surface area contributed by atoms with Crippen molar-refractivity contribution in [3.63, 3.8) is 0 Å². The van der Waals surface area contributed by atoms with Crippen LogP contribution in [0.1, 0.15) is 25.3 Å². The van der Waals surface area contributed by atoms with Crippen molar-refractivity contribution in [2.75, 3.05) is 24.6 Å². The van der Waals surface area contributed by atoms with Crippen LogP contribution < -0.4 is 4.90 Å². The maximum atomic E-state index is 13.4. The van der Waals surface area contributed by atoms with Crippen molar-refractivity contribution in [3.05, 3.63) is 59.1 Å². The molecule has 9 heteroatoms. The Kier molecular flexibility index (Phi) is 6.62. The van der Waals surface area contributed by atoms with Crippen molar-refractivity contribution < 1.29 is 17.9 Å². The molecular formula is C23H24ClN3O4S. The van der Waals surface area contributed by atoms with E-state index in [1.807, 2.05) is 17.0 Å². The summed E-state index contributed by atoms with van der Waals surface area (Å²) in [5.41, 5.74) is 1.77. The number of fused-ring (bicyclic) bond motifs is 1. The fourth-order valence-corrected chi connectivity index (χ4v) is 5.43. The summed E-state index contributed by atoms with van der Waals surface area (Å²) in [6.45, 7) is 3.14. The molecule has 2 aromatic carbocycles. The van der Waals surface area contributed by atoms with E-state index in [4.69, 9.17) is 16.3 Å². The number of carbonyl (C=O) groups excluding carboxylic acids is 1. The summed E-state index contributed by atoms with van der Waals surface area (Å²) < 4.78 is 32.0. The number of nitrogens with zero attached hydrogens (tertiary/aromatic N) is 3. The van der Waals surface area contributed by atoms with Gasteiger partial charge in [-0.2, -0.15) is 0 Å². The normalized spacial score (nSPS) is 15.1. The Bertz CT molecular complexity index is 1220. The van der Waals surface area contributed by atoms with Crippen LogP contribution in [-0.2, 0) is 25.1 Å². The van der Waals surface area contributed by atoms with E-state index in [2.05, 4.69) is 9.97 Å². The maximum Gasteiger partial charge on any atom is 0.309 e. The number of ether oxygens (including phenoxy) is 1. The quantitative estimate of drug-likeness (QED) is 0.499. The first-order valence-electron chi connectivity index (χ1n) is 10.5. The van der Waals surface area contributed by atoms with Gasteiger partial charge < -0.3 is 9.64 Å². The molecule has 0 atom stereocenters. The Labute approximate surface area is 192 Å². The molecule has 2 heterocycles. The number of rotatable bonds is 6. The molecule has 1 aromatic heterocycles. The van der Waals surface area contributed by atoms with Gasteiger partial charge in [0.2, 0.25) is 9.84 Å². The largest absolute Gasteiger partial charge is 0.466 e. The average Bonchev–Trinajstić information content (AvgIpc) is 2.80. The lowest BCUT2D eigenvalue weighted by atomic mass is 9.97. The van der Waals surface area contributed by atoms with Crippen LogP contribution in [0.4, 0.5) is 5.82 Å². The molecule has 32 heavy (non-hydrogen) atoms. The van der Waals surface area contributed by atoms with Gasteiger partial charge in [0.15, 0.2) is 10.8 Å². The molecule has 0 N–H and O–H groups in total. The summed E-state index contributed by atoms with van der Waals surface area (Å²) in [7, 11) is -3.79. The van der Waals surface area contributed by atoms with Crippen molar-refractivity contribution in [2.45, 2.75) is 30.5 Å². The fraction of sp³-hybridized carbons (Fsp3) is 0.348. The van der Waals surface area contributed by atoms with E-state index >= 15 is 0 Å². The number of esters is 1. The van der Waals surface area contributed by atoms with Gasteiger partial charge in [-0.3, -0.25) is 4.79 Å². The molecule has 7 nitrogen and oxygen atoms in total. The molecule has 168 valence electrons. The third-order valence-corrected chi connectivity index (χ3v) is 7.33. The Morgan fingerprint density at radius 3 is 2.31 bits per heavy atom. The minimum absolute atomic E-state index is 0.0410. The van der Waals surface area contributed by atoms with Crippen LogP contribution in [0.25, 0.3) is 11.0 Å². The molecule has 3 aromatic rings. The molecule has 1 saturated heterocycles. The number of benzene rings is 2. The Morgan fingerprint density at radius 1 is 1.06 bits per heavy atom. The fourth-order valence-electron chi connectivity index (χ4n) is 3.84. The summed E-state index contributed by atoms with van der Waals surface area (Å²) in [5.74, 6) is -0.259. The zero-order chi connectivity index (χ0) is 22.7. The Balaban J connectivity index is 1.68. The predicted molar refractivity (Wildman–Crippen MR) is 123 cm³/mol. The second kappa shape index (κ2) is 9.42. The maximum absolute atomic E-state index is 13.4. The smallest absolute Gasteiger partial charge is 0.309 e. The van der Waals surface area contributed by atoms with E-state index in [1.165, 1.54) is 0 Å². The van der Waals surface area contributed by atoms with Gasteiger partial charge in [-0.1, -0.05) is 35.9 Å². The summed E-state index contributed by atoms with van der Waals surface area (Å²) in [6, 6.07) is 13.9. The van der Waals surface area contributed by atoms with E-state index in [-0.39, 0.29) is 22.7 Å². The number of halogens is 1. The zero-order valence-electron chi connectivity index (χ0n) is 17.7. The highest BCUT2D eigenvalue weighted by atomic mass is 35.5. The van der Waals surface area contributed by atoms with Crippen molar-refractivity contribution in [3.8, 4) is 0 Å². The lowest BCUT2D eigenvalue weighted by Crippen LogP contribution is -2.38. The van der Waals surface area contributed by atoms with E-state index in [0.717, 1.165) is 0 Å². The van der Waals surface area contributed by atoms with Crippen LogP contribution in [-0.4, -0.2) is 44.1 Å². The highest BCUT2D eigenvalue weighted by Gasteiger charge is 2.31. The third kappa shape index (κ3) is 4.86. The number of anilines is 1. The van der Waals surface area contributed by atoms with Crippen molar-refractivity contribution in [1.82, 2.24) is 9.97 Å². The van der Waals surface area contributed by atoms with Crippen LogP contribution in [0.2, 0.25) is 5.02 Å². The van der Waals surface area contributed by atoms with Gasteiger partial charge in [-0.05, 0) is 49.6 Å². The number of aromatic nitrogens is 2. The highest BCUT2D eigenvalue weighted by Crippen LogP contribution is 2.31. The molecule has 4 rings (SSSR count). The number of sulfone groups is 1. The second-order valence-electron chi connectivity index (χ2n) is 7.74. The van der Waals surface area contributed by atoms with E-state index < -0.39 is 9.84 Å². The lowest BCUT2D eigenvalue weighted by Gasteiger charge is -2.32. The second-order valence-corrected chi connectivity index (χ2v) is 10.1. The molecule has 1 fully saturated rings. The first-order chi connectivity index (χ1) is 15.4. The van der Waals surface area contributed by atoms with E-state index in [0.29, 0.717) is 60.0 Å². The number of carbonyl (C=O) groups is 1. The molecule has 0 radical (unpaired) electrons. The predicted octanol–water partition coefficient (Wildman–Crippen LogP) is 4.04. The lowest BCUT2D eigenvalue weighted by molar-refractivity contribution is -0.148. The topological polar surface area (TPSA) is 89.5 Å². The number of hydrogen-bond acceptors (Lipinski definition) is 7. The summed E-state index contributed by atoms with van der Waals surface area (Å²) in [5, 5.41) is 0.502. The summed E-state index contributed by atoms with van der Waals surface area (Å²) >= 11 is 5.93. The van der Waals surface area contributed by atoms with Crippen LogP contribution in [0.5, 0.6) is 0 Å². The monoisotopic (exact) mass is 473 g/mol. The molecule has 0 aliphatic carbocycles. The summed E-state index contributed by atoms with van der Waals surface area (Å²) in [6.07, 6.45) is 1.15. The molecule has 0 spiro atoms. The molecule has 1 aliphatic rings. The van der Waals surface area contributed by atoms with Crippen LogP contribution in [0, 0.1) is 5.92 Å². The number of hydrogen-bond donors (Lipinski definition) is 0. The van der Waals surface area contributed by atoms with Crippen LogP contribution >= 0.6 is 11.6 Å². The first kappa shape index (κ1) is 22.5. The van der Waals surface area contributed by atoms with E-state index in [9.17, 15) is 13.2 Å². The van der Waals surface area contributed by atoms with Crippen molar-refractivity contribution in [1.29, 1.82) is 0 Å². The van der Waals surface area contributed by atoms with Gasteiger partial charge in [0.25, 0.3) is 0 Å². The minimum Gasteiger partial charge on any atom is -0.466 e. The Morgan fingerprint density at radius 2 is 1.69 bits per heavy atom. The highest BCUT2D eigenvalue weighted by molar-refractivity contribution is 7.90. The van der Waals surface area contributed by atoms with Crippen molar-refractivity contribution in [2.24, 2.45) is 5.92 Å². The molecule has 0 amide bonds. The molecule has 0 unspecified atom stereocenters. The SMILES string of the molecule is CCOC(=O)C1CCN(c2nc3ccccc3nc2S(=O)(=O)Cc2ccc(Cl)cc2)CC1. The molecular weight excluding hydrogens is 450 g/mol. The van der Waals surface area contributed by atoms with Crippen LogP contribution in [0.15, 0.2) is 53.6 Å². The molecule has 0 saturated carbocycles. The van der Waals surface area contributed by atoms with Gasteiger partial charge in [0.1, 0.15) is 0 Å². The zero-order valence-corrected chi connectivity index (χ0v) is 19.3. The average molecular weight is 474 g/mol. The van der Waals surface area contributed by atoms with Crippen LogP contribution in [0.3, 0.4) is 0 Å². The van der Waals surface area contributed by atoms with Gasteiger partial charge in [0, 0.05) is 18.1 Å². The number of piperidine rings is 1. The van der Waals surface area contributed by atoms with Crippen molar-refractivity contribution >= 4 is 44.3 Å². The summed E-state index contributed by atoms with van der Waals surface area (Å²) in [4.78, 5) is 23.2. The van der Waals surface area contributed by atoms with Gasteiger partial charge in [-0.25, -0.2) is 18.4 Å². The molecule has 1 aliphatic heterocycles. The Hall–Kier alpha value is -2.71. The van der Waals surface area contributed by atoms with E-state index in [1.54, 1.807) is 43.3 Å². The molecule has 0 bridgehead atoms.